The lowest BCUT2D eigenvalue weighted by atomic mass is 10.2. The van der Waals surface area contributed by atoms with Crippen LogP contribution in [0.5, 0.6) is 0 Å². The highest BCUT2D eigenvalue weighted by molar-refractivity contribution is 7.98. The Kier molecular flexibility index (Phi) is 9.15. The van der Waals surface area contributed by atoms with Gasteiger partial charge in [0.15, 0.2) is 5.96 Å². The monoisotopic (exact) mass is 364 g/mol. The normalized spacial score (nSPS) is 16.0. The van der Waals surface area contributed by atoms with Crippen LogP contribution in [0.25, 0.3) is 0 Å². The van der Waals surface area contributed by atoms with E-state index >= 15 is 0 Å². The number of guanidine groups is 1. The Balaban J connectivity index is 1.66. The van der Waals surface area contributed by atoms with Crippen molar-refractivity contribution in [2.24, 2.45) is 4.99 Å². The highest BCUT2D eigenvalue weighted by atomic mass is 32.2. The van der Waals surface area contributed by atoms with Gasteiger partial charge < -0.3 is 15.0 Å². The van der Waals surface area contributed by atoms with Crippen molar-refractivity contribution in [1.82, 2.24) is 15.1 Å². The molecule has 1 saturated heterocycles. The number of unbranched alkanes of at least 4 members (excludes halogenated alkanes) is 1. The molecule has 2 rings (SSSR count). The summed E-state index contributed by atoms with van der Waals surface area (Å²) in [5.74, 6) is 0.959. The Labute approximate surface area is 156 Å². The van der Waals surface area contributed by atoms with Crippen molar-refractivity contribution in [2.75, 3.05) is 59.7 Å². The van der Waals surface area contributed by atoms with Crippen molar-refractivity contribution in [2.45, 2.75) is 24.3 Å². The molecule has 1 aliphatic heterocycles. The van der Waals surface area contributed by atoms with Crippen molar-refractivity contribution in [3.8, 4) is 0 Å². The Hall–Kier alpha value is -1.24. The maximum atomic E-state index is 5.38. The summed E-state index contributed by atoms with van der Waals surface area (Å²) in [7, 11) is 3.94. The van der Waals surface area contributed by atoms with Crippen LogP contribution in [-0.2, 0) is 11.3 Å². The van der Waals surface area contributed by atoms with Gasteiger partial charge in [-0.25, -0.2) is 0 Å². The fourth-order valence-corrected chi connectivity index (χ4v) is 3.36. The number of nitrogens with zero attached hydrogens (tertiary/aromatic N) is 3. The minimum Gasteiger partial charge on any atom is -0.379 e. The van der Waals surface area contributed by atoms with Crippen molar-refractivity contribution >= 4 is 17.7 Å². The van der Waals surface area contributed by atoms with Crippen LogP contribution in [0.15, 0.2) is 34.2 Å². The van der Waals surface area contributed by atoms with Crippen LogP contribution in [0.2, 0.25) is 0 Å². The smallest absolute Gasteiger partial charge is 0.193 e. The van der Waals surface area contributed by atoms with Gasteiger partial charge in [-0.2, -0.15) is 0 Å². The van der Waals surface area contributed by atoms with Crippen LogP contribution < -0.4 is 5.32 Å². The van der Waals surface area contributed by atoms with E-state index in [0.29, 0.717) is 0 Å². The Morgan fingerprint density at radius 2 is 1.96 bits per heavy atom. The molecule has 25 heavy (non-hydrogen) atoms. The van der Waals surface area contributed by atoms with Crippen LogP contribution in [0.3, 0.4) is 0 Å². The summed E-state index contributed by atoms with van der Waals surface area (Å²) < 4.78 is 5.38. The van der Waals surface area contributed by atoms with Gasteiger partial charge in [0.2, 0.25) is 0 Å². The fourth-order valence-electron chi connectivity index (χ4n) is 2.95. The zero-order chi connectivity index (χ0) is 17.9. The van der Waals surface area contributed by atoms with Crippen LogP contribution in [0.1, 0.15) is 18.4 Å². The minimum atomic E-state index is 0.863. The van der Waals surface area contributed by atoms with Crippen LogP contribution in [-0.4, -0.2) is 75.5 Å². The fraction of sp³-hybridized carbons (Fsp3) is 0.632. The number of benzene rings is 1. The van der Waals surface area contributed by atoms with E-state index < -0.39 is 0 Å². The molecule has 1 aromatic carbocycles. The quantitative estimate of drug-likeness (QED) is 0.332. The molecule has 0 saturated carbocycles. The molecule has 0 aromatic heterocycles. The Bertz CT molecular complexity index is 515. The van der Waals surface area contributed by atoms with Crippen LogP contribution >= 0.6 is 11.8 Å². The molecule has 0 atom stereocenters. The molecule has 1 aromatic rings. The van der Waals surface area contributed by atoms with Crippen molar-refractivity contribution in [3.63, 3.8) is 0 Å². The molecular weight excluding hydrogens is 332 g/mol. The van der Waals surface area contributed by atoms with Crippen molar-refractivity contribution < 1.29 is 4.74 Å². The number of ether oxygens (including phenoxy) is 1. The predicted octanol–water partition coefficient (Wildman–Crippen LogP) is 2.53. The molecule has 1 fully saturated rings. The third-order valence-electron chi connectivity index (χ3n) is 4.44. The van der Waals surface area contributed by atoms with Gasteiger partial charge in [0.05, 0.1) is 13.2 Å². The zero-order valence-electron chi connectivity index (χ0n) is 15.8. The van der Waals surface area contributed by atoms with Gasteiger partial charge in [0, 0.05) is 45.2 Å². The molecule has 5 nitrogen and oxygen atoms in total. The van der Waals surface area contributed by atoms with Crippen LogP contribution in [0, 0.1) is 0 Å². The lowest BCUT2D eigenvalue weighted by Gasteiger charge is -2.26. The molecule has 140 valence electrons. The lowest BCUT2D eigenvalue weighted by Crippen LogP contribution is -2.39. The molecule has 1 N–H and O–H groups in total. The number of nitrogens with one attached hydrogen (secondary N) is 1. The van der Waals surface area contributed by atoms with E-state index in [-0.39, 0.29) is 0 Å². The summed E-state index contributed by atoms with van der Waals surface area (Å²) in [5, 5.41) is 3.48. The summed E-state index contributed by atoms with van der Waals surface area (Å²) >= 11 is 1.77. The molecule has 0 radical (unpaired) electrons. The summed E-state index contributed by atoms with van der Waals surface area (Å²) in [6, 6.07) is 8.74. The second-order valence-corrected chi connectivity index (χ2v) is 7.22. The Morgan fingerprint density at radius 1 is 1.24 bits per heavy atom. The molecule has 6 heteroatoms. The molecule has 0 aliphatic carbocycles. The SMILES string of the molecule is CN=C(NCCCCN1CCOCC1)N(C)Cc1ccc(SC)cc1. The zero-order valence-corrected chi connectivity index (χ0v) is 16.6. The van der Waals surface area contributed by atoms with Gasteiger partial charge in [0.25, 0.3) is 0 Å². The van der Waals surface area contributed by atoms with E-state index in [1.165, 1.54) is 23.4 Å². The van der Waals surface area contributed by atoms with Crippen molar-refractivity contribution in [3.05, 3.63) is 29.8 Å². The number of rotatable bonds is 8. The van der Waals surface area contributed by atoms with Gasteiger partial charge >= 0.3 is 0 Å². The number of aliphatic imine (C=N–C) groups is 1. The molecule has 0 unspecified atom stereocenters. The second kappa shape index (κ2) is 11.4. The van der Waals surface area contributed by atoms with E-state index in [9.17, 15) is 0 Å². The van der Waals surface area contributed by atoms with Gasteiger partial charge in [-0.15, -0.1) is 11.8 Å². The summed E-state index contributed by atoms with van der Waals surface area (Å²) in [6.07, 6.45) is 4.47. The molecule has 1 aliphatic rings. The lowest BCUT2D eigenvalue weighted by molar-refractivity contribution is 0.0372. The first-order chi connectivity index (χ1) is 12.2. The van der Waals surface area contributed by atoms with E-state index in [1.54, 1.807) is 11.8 Å². The summed E-state index contributed by atoms with van der Waals surface area (Å²) in [5.41, 5.74) is 1.30. The summed E-state index contributed by atoms with van der Waals surface area (Å²) in [4.78, 5) is 10.4. The maximum Gasteiger partial charge on any atom is 0.193 e. The maximum absolute atomic E-state index is 5.38. The first-order valence-electron chi connectivity index (χ1n) is 9.07. The molecule has 0 bridgehead atoms. The van der Waals surface area contributed by atoms with E-state index in [1.807, 2.05) is 7.05 Å². The third kappa shape index (κ3) is 7.26. The second-order valence-electron chi connectivity index (χ2n) is 6.34. The van der Waals surface area contributed by atoms with Gasteiger partial charge in [-0.3, -0.25) is 9.89 Å². The van der Waals surface area contributed by atoms with E-state index in [4.69, 9.17) is 4.74 Å². The Morgan fingerprint density at radius 3 is 2.60 bits per heavy atom. The standard InChI is InChI=1S/C19H32N4OS/c1-20-19(21-10-4-5-11-23-12-14-24-15-13-23)22(2)16-17-6-8-18(25-3)9-7-17/h6-9H,4-5,10-16H2,1-3H3,(H,20,21). The van der Waals surface area contributed by atoms with Gasteiger partial charge in [-0.05, 0) is 43.3 Å². The van der Waals surface area contributed by atoms with Crippen LogP contribution in [0.4, 0.5) is 0 Å². The first-order valence-corrected chi connectivity index (χ1v) is 10.3. The summed E-state index contributed by atoms with van der Waals surface area (Å²) in [6.45, 7) is 6.91. The highest BCUT2D eigenvalue weighted by Gasteiger charge is 2.10. The van der Waals surface area contributed by atoms with Gasteiger partial charge in [-0.1, -0.05) is 12.1 Å². The third-order valence-corrected chi connectivity index (χ3v) is 5.18. The number of hydrogen-bond donors (Lipinski definition) is 1. The topological polar surface area (TPSA) is 40.1 Å². The average molecular weight is 365 g/mol. The minimum absolute atomic E-state index is 0.863. The first kappa shape index (κ1) is 20.1. The molecule has 0 spiro atoms. The average Bonchev–Trinajstić information content (AvgIpc) is 2.66. The molecule has 0 amide bonds. The van der Waals surface area contributed by atoms with Crippen molar-refractivity contribution in [1.29, 1.82) is 0 Å². The largest absolute Gasteiger partial charge is 0.379 e. The molecule has 1 heterocycles. The van der Waals surface area contributed by atoms with Gasteiger partial charge in [0.1, 0.15) is 0 Å². The van der Waals surface area contributed by atoms with E-state index in [2.05, 4.69) is 57.7 Å². The number of hydrogen-bond acceptors (Lipinski definition) is 4. The number of morpholine rings is 1. The number of thioether (sulfide) groups is 1. The predicted molar refractivity (Wildman–Crippen MR) is 108 cm³/mol. The molecular formula is C19H32N4OS. The van der Waals surface area contributed by atoms with E-state index in [0.717, 1.165) is 51.8 Å². The highest BCUT2D eigenvalue weighted by Crippen LogP contribution is 2.15.